The molecule has 4 nitrogen and oxygen atoms in total. The molecule has 1 aliphatic carbocycles. The van der Waals surface area contributed by atoms with Gasteiger partial charge in [-0.2, -0.15) is 5.26 Å². The predicted molar refractivity (Wildman–Crippen MR) is 66.4 cm³/mol. The van der Waals surface area contributed by atoms with Crippen molar-refractivity contribution in [3.63, 3.8) is 0 Å². The number of nitrogens with zero attached hydrogens (tertiary/aromatic N) is 1. The van der Waals surface area contributed by atoms with Crippen molar-refractivity contribution in [1.82, 2.24) is 5.32 Å². The van der Waals surface area contributed by atoms with E-state index in [0.717, 1.165) is 18.4 Å². The number of nitrogens with one attached hydrogen (secondary N) is 1. The van der Waals surface area contributed by atoms with Crippen LogP contribution in [0.2, 0.25) is 0 Å². The number of hydrogen-bond acceptors (Lipinski definition) is 3. The van der Waals surface area contributed by atoms with Crippen LogP contribution in [0.15, 0.2) is 24.3 Å². The normalized spacial score (nSPS) is 17.1. The molecule has 0 radical (unpaired) electrons. The molecular formula is C14H16N2O2. The quantitative estimate of drug-likeness (QED) is 0.845. The zero-order chi connectivity index (χ0) is 13.0. The van der Waals surface area contributed by atoms with Crippen molar-refractivity contribution in [3.8, 4) is 6.07 Å². The Balaban J connectivity index is 1.95. The largest absolute Gasteiger partial charge is 0.380 e. The lowest BCUT2D eigenvalue weighted by Gasteiger charge is -2.20. The first-order chi connectivity index (χ1) is 8.64. The molecule has 0 atom stereocenters. The van der Waals surface area contributed by atoms with Crippen molar-refractivity contribution in [1.29, 1.82) is 5.26 Å². The topological polar surface area (TPSA) is 73.1 Å². The van der Waals surface area contributed by atoms with Crippen LogP contribution in [0.25, 0.3) is 0 Å². The third kappa shape index (κ3) is 2.69. The summed E-state index contributed by atoms with van der Waals surface area (Å²) in [4.78, 5) is 11.9. The number of hydrogen-bond donors (Lipinski definition) is 2. The van der Waals surface area contributed by atoms with Gasteiger partial charge in [-0.15, -0.1) is 0 Å². The maximum atomic E-state index is 11.9. The van der Waals surface area contributed by atoms with Crippen LogP contribution in [0.5, 0.6) is 0 Å². The lowest BCUT2D eigenvalue weighted by molar-refractivity contribution is -0.139. The Morgan fingerprint density at radius 1 is 1.44 bits per heavy atom. The Morgan fingerprint density at radius 2 is 2.17 bits per heavy atom. The van der Waals surface area contributed by atoms with Gasteiger partial charge in [0.25, 0.3) is 5.91 Å². The molecular weight excluding hydrogens is 228 g/mol. The van der Waals surface area contributed by atoms with Gasteiger partial charge in [0.1, 0.15) is 5.60 Å². The number of amides is 1. The molecule has 1 saturated carbocycles. The van der Waals surface area contributed by atoms with Gasteiger partial charge >= 0.3 is 0 Å². The number of aliphatic hydroxyl groups is 1. The van der Waals surface area contributed by atoms with Crippen molar-refractivity contribution in [2.24, 2.45) is 0 Å². The van der Waals surface area contributed by atoms with E-state index in [1.807, 2.05) is 6.07 Å². The van der Waals surface area contributed by atoms with Gasteiger partial charge in [-0.25, -0.2) is 0 Å². The molecule has 94 valence electrons. The molecule has 1 amide bonds. The molecule has 18 heavy (non-hydrogen) atoms. The molecule has 2 N–H and O–H groups in total. The van der Waals surface area contributed by atoms with Crippen LogP contribution < -0.4 is 5.32 Å². The van der Waals surface area contributed by atoms with Crippen LogP contribution in [-0.2, 0) is 11.3 Å². The van der Waals surface area contributed by atoms with Crippen LogP contribution in [0.3, 0.4) is 0 Å². The molecule has 0 aliphatic heterocycles. The fraction of sp³-hybridized carbons (Fsp3) is 0.429. The summed E-state index contributed by atoms with van der Waals surface area (Å²) in [6, 6.07) is 9.14. The van der Waals surface area contributed by atoms with Gasteiger partial charge in [0.15, 0.2) is 0 Å². The van der Waals surface area contributed by atoms with E-state index in [0.29, 0.717) is 24.9 Å². The summed E-state index contributed by atoms with van der Waals surface area (Å²) in [5, 5.41) is 21.6. The molecule has 4 heteroatoms. The first kappa shape index (κ1) is 12.6. The molecule has 0 bridgehead atoms. The molecule has 1 aromatic rings. The Morgan fingerprint density at radius 3 is 2.83 bits per heavy atom. The first-order valence-corrected chi connectivity index (χ1v) is 6.14. The molecule has 0 aromatic heterocycles. The first-order valence-electron chi connectivity index (χ1n) is 6.14. The average Bonchev–Trinajstić information content (AvgIpc) is 2.84. The molecule has 0 heterocycles. The van der Waals surface area contributed by atoms with Crippen molar-refractivity contribution < 1.29 is 9.90 Å². The summed E-state index contributed by atoms with van der Waals surface area (Å²) in [6.45, 7) is 0.344. The maximum Gasteiger partial charge on any atom is 0.252 e. The average molecular weight is 244 g/mol. The molecule has 1 fully saturated rings. The predicted octanol–water partition coefficient (Wildman–Crippen LogP) is 1.48. The minimum atomic E-state index is -1.19. The summed E-state index contributed by atoms with van der Waals surface area (Å²) in [5.74, 6) is -0.303. The van der Waals surface area contributed by atoms with E-state index in [-0.39, 0.29) is 5.91 Å². The summed E-state index contributed by atoms with van der Waals surface area (Å²) in [5.41, 5.74) is 0.248. The van der Waals surface area contributed by atoms with Crippen LogP contribution in [0.4, 0.5) is 0 Å². The Labute approximate surface area is 106 Å². The highest BCUT2D eigenvalue weighted by molar-refractivity contribution is 5.85. The zero-order valence-electron chi connectivity index (χ0n) is 10.1. The second kappa shape index (κ2) is 5.19. The molecule has 0 unspecified atom stereocenters. The van der Waals surface area contributed by atoms with Gasteiger partial charge in [-0.05, 0) is 43.4 Å². The number of carbonyl (C=O) groups is 1. The second-order valence-electron chi connectivity index (χ2n) is 4.73. The van der Waals surface area contributed by atoms with E-state index in [2.05, 4.69) is 11.4 Å². The van der Waals surface area contributed by atoms with Gasteiger partial charge < -0.3 is 10.4 Å². The number of carbonyl (C=O) groups excluding carboxylic acids is 1. The van der Waals surface area contributed by atoms with Crippen LogP contribution in [0.1, 0.15) is 36.8 Å². The second-order valence-corrected chi connectivity index (χ2v) is 4.73. The standard InChI is InChI=1S/C14H16N2O2/c15-9-11-4-3-5-12(8-11)10-16-13(17)14(18)6-1-2-7-14/h3-5,8,18H,1-2,6-7,10H2,(H,16,17). The Hall–Kier alpha value is -1.86. The van der Waals surface area contributed by atoms with Crippen LogP contribution in [0, 0.1) is 11.3 Å². The van der Waals surface area contributed by atoms with E-state index >= 15 is 0 Å². The van der Waals surface area contributed by atoms with E-state index in [4.69, 9.17) is 5.26 Å². The zero-order valence-corrected chi connectivity index (χ0v) is 10.1. The molecule has 0 saturated heterocycles. The fourth-order valence-corrected chi connectivity index (χ4v) is 2.28. The monoisotopic (exact) mass is 244 g/mol. The van der Waals surface area contributed by atoms with Crippen molar-refractivity contribution in [2.75, 3.05) is 0 Å². The molecule has 1 aromatic carbocycles. The van der Waals surface area contributed by atoms with Crippen LogP contribution in [-0.4, -0.2) is 16.6 Å². The minimum Gasteiger partial charge on any atom is -0.380 e. The van der Waals surface area contributed by atoms with Crippen LogP contribution >= 0.6 is 0 Å². The third-order valence-electron chi connectivity index (χ3n) is 3.36. The lowest BCUT2D eigenvalue weighted by atomic mass is 10.0. The number of nitriles is 1. The van der Waals surface area contributed by atoms with Gasteiger partial charge in [0, 0.05) is 6.54 Å². The fourth-order valence-electron chi connectivity index (χ4n) is 2.28. The number of benzene rings is 1. The minimum absolute atomic E-state index is 0.303. The molecule has 0 spiro atoms. The van der Waals surface area contributed by atoms with Gasteiger partial charge in [0.2, 0.25) is 0 Å². The molecule has 2 rings (SSSR count). The Bertz CT molecular complexity index is 485. The third-order valence-corrected chi connectivity index (χ3v) is 3.36. The van der Waals surface area contributed by atoms with E-state index in [9.17, 15) is 9.90 Å². The van der Waals surface area contributed by atoms with E-state index < -0.39 is 5.60 Å². The van der Waals surface area contributed by atoms with Gasteiger partial charge in [-0.1, -0.05) is 12.1 Å². The highest BCUT2D eigenvalue weighted by atomic mass is 16.3. The summed E-state index contributed by atoms with van der Waals surface area (Å²) in [7, 11) is 0. The smallest absolute Gasteiger partial charge is 0.252 e. The lowest BCUT2D eigenvalue weighted by Crippen LogP contribution is -2.44. The van der Waals surface area contributed by atoms with E-state index in [1.54, 1.807) is 18.2 Å². The van der Waals surface area contributed by atoms with Gasteiger partial charge in [0.05, 0.1) is 11.6 Å². The SMILES string of the molecule is N#Cc1cccc(CNC(=O)C2(O)CCCC2)c1. The molecule has 1 aliphatic rings. The van der Waals surface area contributed by atoms with Gasteiger partial charge in [-0.3, -0.25) is 4.79 Å². The Kier molecular flexibility index (Phi) is 3.63. The van der Waals surface area contributed by atoms with E-state index in [1.165, 1.54) is 0 Å². The summed E-state index contributed by atoms with van der Waals surface area (Å²) < 4.78 is 0. The summed E-state index contributed by atoms with van der Waals surface area (Å²) in [6.07, 6.45) is 2.87. The van der Waals surface area contributed by atoms with Crippen molar-refractivity contribution in [2.45, 2.75) is 37.8 Å². The highest BCUT2D eigenvalue weighted by Gasteiger charge is 2.38. The summed E-state index contributed by atoms with van der Waals surface area (Å²) >= 11 is 0. The maximum absolute atomic E-state index is 11.9. The highest BCUT2D eigenvalue weighted by Crippen LogP contribution is 2.29. The number of rotatable bonds is 3. The van der Waals surface area contributed by atoms with Crippen molar-refractivity contribution in [3.05, 3.63) is 35.4 Å². The van der Waals surface area contributed by atoms with Crippen molar-refractivity contribution >= 4 is 5.91 Å².